The van der Waals surface area contributed by atoms with Crippen LogP contribution in [0.4, 0.5) is 5.69 Å². The van der Waals surface area contributed by atoms with Gasteiger partial charge in [-0.1, -0.05) is 67.9 Å². The second-order valence-electron chi connectivity index (χ2n) is 7.00. The average molecular weight is 413 g/mol. The Labute approximate surface area is 181 Å². The molecule has 0 aliphatic carbocycles. The number of hydrazone groups is 1. The Morgan fingerprint density at radius 2 is 1.73 bits per heavy atom. The molecule has 0 radical (unpaired) electrons. The van der Waals surface area contributed by atoms with Crippen molar-refractivity contribution in [1.29, 1.82) is 0 Å². The van der Waals surface area contributed by atoms with Crippen molar-refractivity contribution >= 4 is 39.3 Å². The molecule has 3 aromatic carbocycles. The van der Waals surface area contributed by atoms with E-state index >= 15 is 0 Å². The number of nitrogens with zero attached hydrogens (tertiary/aromatic N) is 3. The summed E-state index contributed by atoms with van der Waals surface area (Å²) in [7, 11) is 0. The maximum atomic E-state index is 4.74. The number of aromatic nitrogens is 1. The Kier molecular flexibility index (Phi) is 6.62. The highest BCUT2D eigenvalue weighted by Gasteiger charge is 2.10. The van der Waals surface area contributed by atoms with Crippen molar-refractivity contribution < 1.29 is 0 Å². The summed E-state index contributed by atoms with van der Waals surface area (Å²) in [5.74, 6) is 0.637. The minimum Gasteiger partial charge on any atom is -0.259 e. The number of fused-ring (bicyclic) bond motifs is 1. The van der Waals surface area contributed by atoms with Gasteiger partial charge >= 0.3 is 0 Å². The third-order valence-electron chi connectivity index (χ3n) is 4.68. The number of thiazole rings is 1. The predicted octanol–water partition coefficient (Wildman–Crippen LogP) is 6.34. The standard InChI is InChI=1S/C25H24N4S/c1-2-3-9-19-14-16-20(17-15-19)18-26-29-24(27-21-10-5-4-6-11-21)25-28-22-12-7-8-13-23(22)30-25/h4-8,10-18H,2-3,9H2,1H3,(H,27,29)/b26-18+. The van der Waals surface area contributed by atoms with Crippen LogP contribution in [0.25, 0.3) is 10.2 Å². The minimum absolute atomic E-state index is 0.637. The van der Waals surface area contributed by atoms with E-state index in [1.165, 1.54) is 18.4 Å². The number of hydrogen-bond donors (Lipinski definition) is 1. The van der Waals surface area contributed by atoms with Crippen molar-refractivity contribution in [3.05, 3.63) is 95.0 Å². The quantitative estimate of drug-likeness (QED) is 0.219. The number of aryl methyl sites for hydroxylation is 1. The molecular weight excluding hydrogens is 388 g/mol. The fourth-order valence-electron chi connectivity index (χ4n) is 3.04. The van der Waals surface area contributed by atoms with Crippen LogP contribution in [0.1, 0.15) is 35.9 Å². The van der Waals surface area contributed by atoms with Gasteiger partial charge in [-0.15, -0.1) is 11.3 Å². The summed E-state index contributed by atoms with van der Waals surface area (Å²) in [6, 6.07) is 26.5. The monoisotopic (exact) mass is 412 g/mol. The zero-order valence-corrected chi connectivity index (χ0v) is 17.8. The molecule has 1 heterocycles. The maximum absolute atomic E-state index is 4.74. The van der Waals surface area contributed by atoms with Gasteiger partial charge in [-0.2, -0.15) is 5.10 Å². The summed E-state index contributed by atoms with van der Waals surface area (Å²) < 4.78 is 1.13. The van der Waals surface area contributed by atoms with Crippen LogP contribution in [-0.2, 0) is 6.42 Å². The van der Waals surface area contributed by atoms with Crippen molar-refractivity contribution in [3.8, 4) is 0 Å². The first-order chi connectivity index (χ1) is 14.8. The Bertz CT molecular complexity index is 1110. The van der Waals surface area contributed by atoms with Crippen LogP contribution in [0.3, 0.4) is 0 Å². The second-order valence-corrected chi connectivity index (χ2v) is 8.03. The molecule has 30 heavy (non-hydrogen) atoms. The van der Waals surface area contributed by atoms with Crippen molar-refractivity contribution in [1.82, 2.24) is 10.4 Å². The van der Waals surface area contributed by atoms with Crippen LogP contribution >= 0.6 is 11.3 Å². The molecule has 0 unspecified atom stereocenters. The van der Waals surface area contributed by atoms with Gasteiger partial charge < -0.3 is 0 Å². The first-order valence-corrected chi connectivity index (χ1v) is 11.0. The van der Waals surface area contributed by atoms with Crippen molar-refractivity contribution in [2.45, 2.75) is 26.2 Å². The van der Waals surface area contributed by atoms with E-state index in [-0.39, 0.29) is 0 Å². The summed E-state index contributed by atoms with van der Waals surface area (Å²) >= 11 is 1.60. The lowest BCUT2D eigenvalue weighted by Crippen LogP contribution is -2.18. The molecule has 0 atom stereocenters. The molecule has 1 aromatic heterocycles. The third kappa shape index (κ3) is 5.19. The maximum Gasteiger partial charge on any atom is 0.183 e. The minimum atomic E-state index is 0.637. The highest BCUT2D eigenvalue weighted by molar-refractivity contribution is 7.20. The molecule has 1 N–H and O–H groups in total. The van der Waals surface area contributed by atoms with Gasteiger partial charge in [0.05, 0.1) is 22.1 Å². The molecule has 4 nitrogen and oxygen atoms in total. The number of hydrogen-bond acceptors (Lipinski definition) is 4. The number of amidine groups is 1. The number of para-hydroxylation sites is 2. The lowest BCUT2D eigenvalue weighted by atomic mass is 10.1. The Balaban J connectivity index is 1.55. The Morgan fingerprint density at radius 3 is 2.50 bits per heavy atom. The summed E-state index contributed by atoms with van der Waals surface area (Å²) in [6.07, 6.45) is 5.37. The van der Waals surface area contributed by atoms with Gasteiger partial charge in [0.25, 0.3) is 0 Å². The molecule has 4 rings (SSSR count). The first-order valence-electron chi connectivity index (χ1n) is 10.2. The normalized spacial score (nSPS) is 12.0. The number of nitrogens with one attached hydrogen (secondary N) is 1. The van der Waals surface area contributed by atoms with Crippen LogP contribution in [0.2, 0.25) is 0 Å². The molecule has 5 heteroatoms. The van der Waals surface area contributed by atoms with Crippen molar-refractivity contribution in [2.75, 3.05) is 0 Å². The van der Waals surface area contributed by atoms with E-state index in [0.717, 1.165) is 32.9 Å². The van der Waals surface area contributed by atoms with E-state index in [2.05, 4.69) is 47.8 Å². The summed E-state index contributed by atoms with van der Waals surface area (Å²) in [4.78, 5) is 9.47. The van der Waals surface area contributed by atoms with E-state index < -0.39 is 0 Å². The van der Waals surface area contributed by atoms with Crippen LogP contribution in [0.15, 0.2) is 89.0 Å². The van der Waals surface area contributed by atoms with Gasteiger partial charge in [0.1, 0.15) is 0 Å². The highest BCUT2D eigenvalue weighted by atomic mass is 32.1. The molecule has 150 valence electrons. The van der Waals surface area contributed by atoms with Crippen molar-refractivity contribution in [2.24, 2.45) is 10.1 Å². The first kappa shape index (κ1) is 20.0. The lowest BCUT2D eigenvalue weighted by molar-refractivity contribution is 0.795. The van der Waals surface area contributed by atoms with E-state index in [0.29, 0.717) is 5.84 Å². The molecular formula is C25H24N4S. The Hall–Kier alpha value is -3.31. The van der Waals surface area contributed by atoms with Crippen LogP contribution in [-0.4, -0.2) is 17.0 Å². The average Bonchev–Trinajstić information content (AvgIpc) is 3.23. The molecule has 0 spiro atoms. The van der Waals surface area contributed by atoms with E-state index in [4.69, 9.17) is 9.98 Å². The van der Waals surface area contributed by atoms with Gasteiger partial charge in [0.15, 0.2) is 10.8 Å². The topological polar surface area (TPSA) is 49.6 Å². The zero-order valence-electron chi connectivity index (χ0n) is 17.0. The van der Waals surface area contributed by atoms with Gasteiger partial charge in [0.2, 0.25) is 0 Å². The Morgan fingerprint density at radius 1 is 0.967 bits per heavy atom. The molecule has 0 bridgehead atoms. The largest absolute Gasteiger partial charge is 0.259 e. The fraction of sp³-hybridized carbons (Fsp3) is 0.160. The van der Waals surface area contributed by atoms with E-state index in [9.17, 15) is 0 Å². The zero-order chi connectivity index (χ0) is 20.6. The summed E-state index contributed by atoms with van der Waals surface area (Å²) in [5.41, 5.74) is 7.34. The van der Waals surface area contributed by atoms with Gasteiger partial charge in [-0.05, 0) is 48.2 Å². The van der Waals surface area contributed by atoms with Crippen molar-refractivity contribution in [3.63, 3.8) is 0 Å². The molecule has 0 saturated carbocycles. The molecule has 0 amide bonds. The summed E-state index contributed by atoms with van der Waals surface area (Å²) in [6.45, 7) is 2.21. The lowest BCUT2D eigenvalue weighted by Gasteiger charge is -2.03. The SMILES string of the molecule is CCCCc1ccc(/C=N/NC(=Nc2ccccc2)c2nc3ccccc3s2)cc1. The molecule has 0 aliphatic rings. The number of benzene rings is 3. The fourth-order valence-corrected chi connectivity index (χ4v) is 3.95. The highest BCUT2D eigenvalue weighted by Crippen LogP contribution is 2.23. The summed E-state index contributed by atoms with van der Waals surface area (Å²) in [5, 5.41) is 5.25. The third-order valence-corrected chi connectivity index (χ3v) is 5.72. The number of rotatable bonds is 7. The predicted molar refractivity (Wildman–Crippen MR) is 128 cm³/mol. The molecule has 0 fully saturated rings. The number of unbranched alkanes of at least 4 members (excludes halogenated alkanes) is 1. The number of aliphatic imine (C=N–C) groups is 1. The molecule has 4 aromatic rings. The molecule has 0 aliphatic heterocycles. The second kappa shape index (κ2) is 9.94. The van der Waals surface area contributed by atoms with Crippen LogP contribution in [0.5, 0.6) is 0 Å². The van der Waals surface area contributed by atoms with E-state index in [1.807, 2.05) is 54.7 Å². The van der Waals surface area contributed by atoms with Crippen LogP contribution < -0.4 is 5.43 Å². The van der Waals surface area contributed by atoms with Gasteiger partial charge in [-0.25, -0.2) is 9.98 Å². The smallest absolute Gasteiger partial charge is 0.183 e. The molecule has 0 saturated heterocycles. The van der Waals surface area contributed by atoms with Gasteiger partial charge in [-0.3, -0.25) is 5.43 Å². The van der Waals surface area contributed by atoms with Gasteiger partial charge in [0, 0.05) is 0 Å². The van der Waals surface area contributed by atoms with E-state index in [1.54, 1.807) is 11.3 Å². The van der Waals surface area contributed by atoms with Crippen LogP contribution in [0, 0.1) is 0 Å².